The van der Waals surface area contributed by atoms with Gasteiger partial charge < -0.3 is 10.2 Å². The highest BCUT2D eigenvalue weighted by atomic mass is 16.5. The van der Waals surface area contributed by atoms with Crippen molar-refractivity contribution in [1.29, 1.82) is 0 Å². The maximum Gasteiger partial charge on any atom is 0.163 e. The van der Waals surface area contributed by atoms with Crippen molar-refractivity contribution >= 4 is 5.82 Å². The Bertz CT molecular complexity index is 281. The van der Waals surface area contributed by atoms with E-state index in [1.165, 1.54) is 0 Å². The second-order valence-corrected chi connectivity index (χ2v) is 3.27. The van der Waals surface area contributed by atoms with Gasteiger partial charge in [0, 0.05) is 13.1 Å². The smallest absolute Gasteiger partial charge is 0.163 e. The number of morpholine rings is 1. The van der Waals surface area contributed by atoms with E-state index in [1.807, 2.05) is 19.1 Å². The monoisotopic (exact) mass is 194 g/mol. The van der Waals surface area contributed by atoms with Gasteiger partial charge in [0.25, 0.3) is 0 Å². The molecule has 1 N–H and O–H groups in total. The molecule has 76 valence electrons. The number of hydrazine groups is 1. The summed E-state index contributed by atoms with van der Waals surface area (Å²) < 4.78 is 5.24. The van der Waals surface area contributed by atoms with Gasteiger partial charge in [-0.2, -0.15) is 5.10 Å². The molecule has 0 bridgehead atoms. The summed E-state index contributed by atoms with van der Waals surface area (Å²) in [5.41, 5.74) is 4.12. The number of ether oxygens (including phenoxy) is 1. The number of hydrogen-bond donors (Lipinski definition) is 1. The molecule has 0 amide bonds. The quantitative estimate of drug-likeness (QED) is 0.740. The van der Waals surface area contributed by atoms with E-state index in [0.29, 0.717) is 0 Å². The molecular weight excluding hydrogens is 180 g/mol. The SMILES string of the molecule is Cc1ccc(NN2CCOCC2)nn1. The number of nitrogens with one attached hydrogen (secondary N) is 1. The summed E-state index contributed by atoms with van der Waals surface area (Å²) >= 11 is 0. The van der Waals surface area contributed by atoms with E-state index < -0.39 is 0 Å². The first-order valence-corrected chi connectivity index (χ1v) is 4.74. The topological polar surface area (TPSA) is 50.3 Å². The predicted molar refractivity (Wildman–Crippen MR) is 52.8 cm³/mol. The average Bonchev–Trinajstić information content (AvgIpc) is 2.23. The first kappa shape index (κ1) is 9.36. The van der Waals surface area contributed by atoms with Gasteiger partial charge in [0.1, 0.15) is 0 Å². The summed E-state index contributed by atoms with van der Waals surface area (Å²) in [6, 6.07) is 3.87. The van der Waals surface area contributed by atoms with E-state index in [2.05, 4.69) is 20.6 Å². The fourth-order valence-corrected chi connectivity index (χ4v) is 1.30. The van der Waals surface area contributed by atoms with Gasteiger partial charge in [-0.1, -0.05) is 0 Å². The van der Waals surface area contributed by atoms with E-state index in [1.54, 1.807) is 0 Å². The Balaban J connectivity index is 1.92. The van der Waals surface area contributed by atoms with E-state index in [0.717, 1.165) is 37.8 Å². The van der Waals surface area contributed by atoms with Gasteiger partial charge in [-0.15, -0.1) is 5.10 Å². The van der Waals surface area contributed by atoms with E-state index in [9.17, 15) is 0 Å². The van der Waals surface area contributed by atoms with Crippen LogP contribution in [0.25, 0.3) is 0 Å². The molecule has 0 spiro atoms. The summed E-state index contributed by atoms with van der Waals surface area (Å²) in [6.45, 7) is 5.23. The lowest BCUT2D eigenvalue weighted by molar-refractivity contribution is 0.0494. The van der Waals surface area contributed by atoms with Crippen LogP contribution in [-0.2, 0) is 4.74 Å². The largest absolute Gasteiger partial charge is 0.379 e. The summed E-state index contributed by atoms with van der Waals surface area (Å²) in [7, 11) is 0. The number of hydrogen-bond acceptors (Lipinski definition) is 5. The van der Waals surface area contributed by atoms with Crippen LogP contribution in [0.3, 0.4) is 0 Å². The number of anilines is 1. The fourth-order valence-electron chi connectivity index (χ4n) is 1.30. The van der Waals surface area contributed by atoms with Crippen LogP contribution in [0.1, 0.15) is 5.69 Å². The molecule has 1 saturated heterocycles. The molecule has 1 aliphatic rings. The Morgan fingerprint density at radius 2 is 2.07 bits per heavy atom. The van der Waals surface area contributed by atoms with E-state index in [-0.39, 0.29) is 0 Å². The second-order valence-electron chi connectivity index (χ2n) is 3.27. The minimum Gasteiger partial charge on any atom is -0.379 e. The van der Waals surface area contributed by atoms with Gasteiger partial charge in [0.15, 0.2) is 5.82 Å². The zero-order valence-corrected chi connectivity index (χ0v) is 8.23. The minimum atomic E-state index is 0.770. The van der Waals surface area contributed by atoms with Crippen molar-refractivity contribution in [1.82, 2.24) is 15.2 Å². The van der Waals surface area contributed by atoms with Crippen LogP contribution in [0.4, 0.5) is 5.82 Å². The molecule has 0 atom stereocenters. The molecule has 1 aromatic heterocycles. The lowest BCUT2D eigenvalue weighted by Crippen LogP contribution is -2.40. The van der Waals surface area contributed by atoms with Crippen molar-refractivity contribution in [2.45, 2.75) is 6.92 Å². The molecular formula is C9H14N4O. The number of aromatic nitrogens is 2. The maximum atomic E-state index is 5.24. The molecule has 0 aliphatic carbocycles. The van der Waals surface area contributed by atoms with Crippen LogP contribution in [-0.4, -0.2) is 41.5 Å². The van der Waals surface area contributed by atoms with Crippen molar-refractivity contribution in [3.8, 4) is 0 Å². The maximum absolute atomic E-state index is 5.24. The minimum absolute atomic E-state index is 0.770. The Morgan fingerprint density at radius 1 is 1.29 bits per heavy atom. The first-order valence-electron chi connectivity index (χ1n) is 4.74. The van der Waals surface area contributed by atoms with Gasteiger partial charge in [-0.25, -0.2) is 5.01 Å². The highest BCUT2D eigenvalue weighted by Crippen LogP contribution is 2.04. The lowest BCUT2D eigenvalue weighted by atomic mass is 10.4. The third-order valence-electron chi connectivity index (χ3n) is 2.08. The molecule has 14 heavy (non-hydrogen) atoms. The van der Waals surface area contributed by atoms with Gasteiger partial charge in [-0.3, -0.25) is 0 Å². The van der Waals surface area contributed by atoms with Crippen molar-refractivity contribution in [3.05, 3.63) is 17.8 Å². The van der Waals surface area contributed by atoms with Gasteiger partial charge in [0.2, 0.25) is 0 Å². The van der Waals surface area contributed by atoms with Gasteiger partial charge in [0.05, 0.1) is 18.9 Å². The zero-order chi connectivity index (χ0) is 9.80. The standard InChI is InChI=1S/C9H14N4O/c1-8-2-3-9(11-10-8)12-13-4-6-14-7-5-13/h2-3H,4-7H2,1H3,(H,11,12). The lowest BCUT2D eigenvalue weighted by Gasteiger charge is -2.27. The molecule has 1 aromatic rings. The molecule has 2 rings (SSSR count). The van der Waals surface area contributed by atoms with Crippen molar-refractivity contribution in [2.75, 3.05) is 31.7 Å². The number of rotatable bonds is 2. The van der Waals surface area contributed by atoms with E-state index >= 15 is 0 Å². The number of nitrogens with zero attached hydrogens (tertiary/aromatic N) is 3. The van der Waals surface area contributed by atoms with Crippen LogP contribution in [0.15, 0.2) is 12.1 Å². The highest BCUT2D eigenvalue weighted by molar-refractivity contribution is 5.31. The van der Waals surface area contributed by atoms with Crippen molar-refractivity contribution in [3.63, 3.8) is 0 Å². The van der Waals surface area contributed by atoms with Crippen LogP contribution in [0.2, 0.25) is 0 Å². The highest BCUT2D eigenvalue weighted by Gasteiger charge is 2.09. The molecule has 0 radical (unpaired) electrons. The van der Waals surface area contributed by atoms with Crippen LogP contribution in [0, 0.1) is 6.92 Å². The number of aryl methyl sites for hydroxylation is 1. The Hall–Kier alpha value is -1.20. The van der Waals surface area contributed by atoms with Crippen molar-refractivity contribution in [2.24, 2.45) is 0 Å². The first-order chi connectivity index (χ1) is 6.84. The summed E-state index contributed by atoms with van der Waals surface area (Å²) in [5.74, 6) is 0.789. The predicted octanol–water partition coefficient (Wildman–Crippen LogP) is 0.444. The Morgan fingerprint density at radius 3 is 2.71 bits per heavy atom. The van der Waals surface area contributed by atoms with Crippen LogP contribution >= 0.6 is 0 Å². The summed E-state index contributed by atoms with van der Waals surface area (Å²) in [4.78, 5) is 0. The summed E-state index contributed by atoms with van der Waals surface area (Å²) in [5, 5.41) is 10.1. The molecule has 0 aromatic carbocycles. The van der Waals surface area contributed by atoms with Gasteiger partial charge in [-0.05, 0) is 19.1 Å². The molecule has 5 heteroatoms. The Kier molecular flexibility index (Phi) is 2.90. The molecule has 0 saturated carbocycles. The van der Waals surface area contributed by atoms with Crippen molar-refractivity contribution < 1.29 is 4.74 Å². The molecule has 1 aliphatic heterocycles. The molecule has 0 unspecified atom stereocenters. The van der Waals surface area contributed by atoms with Crippen LogP contribution in [0.5, 0.6) is 0 Å². The third-order valence-corrected chi connectivity index (χ3v) is 2.08. The fraction of sp³-hybridized carbons (Fsp3) is 0.556. The molecule has 5 nitrogen and oxygen atoms in total. The Labute approximate surface area is 83.1 Å². The van der Waals surface area contributed by atoms with E-state index in [4.69, 9.17) is 4.74 Å². The molecule has 1 fully saturated rings. The second kappa shape index (κ2) is 4.34. The zero-order valence-electron chi connectivity index (χ0n) is 8.23. The summed E-state index contributed by atoms with van der Waals surface area (Å²) in [6.07, 6.45) is 0. The third kappa shape index (κ3) is 2.40. The average molecular weight is 194 g/mol. The van der Waals surface area contributed by atoms with Gasteiger partial charge >= 0.3 is 0 Å². The molecule has 2 heterocycles. The normalized spacial score (nSPS) is 18.1. The van der Waals surface area contributed by atoms with Crippen LogP contribution < -0.4 is 5.43 Å².